The predicted octanol–water partition coefficient (Wildman–Crippen LogP) is -0.679. The maximum atomic E-state index is 12.4. The third kappa shape index (κ3) is 3.60. The normalized spacial score (nSPS) is 27.7. The molecule has 1 aromatic rings. The van der Waals surface area contributed by atoms with Crippen molar-refractivity contribution in [2.75, 3.05) is 32.0 Å². The zero-order valence-electron chi connectivity index (χ0n) is 13.2. The van der Waals surface area contributed by atoms with Gasteiger partial charge in [-0.1, -0.05) is 0 Å². The molecule has 0 aliphatic carbocycles. The first-order chi connectivity index (χ1) is 11.1. The zero-order valence-corrected chi connectivity index (χ0v) is 13.2. The molecule has 0 bridgehead atoms. The Bertz CT molecular complexity index is 582. The molecule has 2 fully saturated rings. The number of anilines is 1. The number of aliphatic hydroxyl groups excluding tert-OH is 1. The molecule has 2 aliphatic heterocycles. The predicted molar refractivity (Wildman–Crippen MR) is 83.9 cm³/mol. The van der Waals surface area contributed by atoms with Crippen LogP contribution in [0.5, 0.6) is 0 Å². The molecule has 0 radical (unpaired) electrons. The summed E-state index contributed by atoms with van der Waals surface area (Å²) in [5.74, 6) is 0.00398. The standard InChI is InChI=1S/C15H23N5O3/c1-9-13(5-17-15(16)18-9)14(22)19-10-4-11-8-23-12(2-3-21)7-20(11)6-10/h5,10-12,21H,2-4,6-8H2,1H3,(H,19,22)(H2,16,17,18)/t10-,11-,12-/m0/s1. The first-order valence-electron chi connectivity index (χ1n) is 7.93. The number of aromatic nitrogens is 2. The molecule has 0 spiro atoms. The van der Waals surface area contributed by atoms with Crippen LogP contribution in [0.3, 0.4) is 0 Å². The van der Waals surface area contributed by atoms with Gasteiger partial charge in [-0.2, -0.15) is 0 Å². The van der Waals surface area contributed by atoms with Gasteiger partial charge in [-0.3, -0.25) is 9.69 Å². The number of morpholine rings is 1. The van der Waals surface area contributed by atoms with Crippen molar-refractivity contribution in [3.63, 3.8) is 0 Å². The number of fused-ring (bicyclic) bond motifs is 1. The van der Waals surface area contributed by atoms with Crippen LogP contribution in [0.2, 0.25) is 0 Å². The van der Waals surface area contributed by atoms with Gasteiger partial charge in [0.2, 0.25) is 5.95 Å². The number of aliphatic hydroxyl groups is 1. The Kier molecular flexibility index (Phi) is 4.74. The van der Waals surface area contributed by atoms with Gasteiger partial charge in [-0.25, -0.2) is 9.97 Å². The molecule has 3 rings (SSSR count). The van der Waals surface area contributed by atoms with Crippen LogP contribution >= 0.6 is 0 Å². The molecule has 1 aromatic heterocycles. The highest BCUT2D eigenvalue weighted by Crippen LogP contribution is 2.24. The van der Waals surface area contributed by atoms with E-state index in [-0.39, 0.29) is 30.6 Å². The van der Waals surface area contributed by atoms with Crippen molar-refractivity contribution in [3.8, 4) is 0 Å². The lowest BCUT2D eigenvalue weighted by molar-refractivity contribution is -0.0566. The second-order valence-electron chi connectivity index (χ2n) is 6.21. The number of nitrogens with two attached hydrogens (primary N) is 1. The molecule has 3 atom stereocenters. The smallest absolute Gasteiger partial charge is 0.254 e. The fourth-order valence-corrected chi connectivity index (χ4v) is 3.34. The van der Waals surface area contributed by atoms with Crippen LogP contribution in [-0.4, -0.2) is 70.4 Å². The molecule has 126 valence electrons. The monoisotopic (exact) mass is 321 g/mol. The van der Waals surface area contributed by atoms with Crippen LogP contribution in [0.25, 0.3) is 0 Å². The second-order valence-corrected chi connectivity index (χ2v) is 6.21. The van der Waals surface area contributed by atoms with Gasteiger partial charge >= 0.3 is 0 Å². The second kappa shape index (κ2) is 6.77. The van der Waals surface area contributed by atoms with Gasteiger partial charge in [-0.05, 0) is 19.8 Å². The first-order valence-corrected chi connectivity index (χ1v) is 7.93. The maximum Gasteiger partial charge on any atom is 0.254 e. The third-order valence-corrected chi connectivity index (χ3v) is 4.52. The fourth-order valence-electron chi connectivity index (χ4n) is 3.34. The molecular formula is C15H23N5O3. The van der Waals surface area contributed by atoms with E-state index in [0.717, 1.165) is 19.5 Å². The number of nitrogens with zero attached hydrogens (tertiary/aromatic N) is 3. The molecule has 4 N–H and O–H groups in total. The van der Waals surface area contributed by atoms with Gasteiger partial charge in [0.1, 0.15) is 0 Å². The number of nitrogen functional groups attached to an aromatic ring is 1. The van der Waals surface area contributed by atoms with E-state index < -0.39 is 0 Å². The summed E-state index contributed by atoms with van der Waals surface area (Å²) in [6.07, 6.45) is 3.07. The average Bonchev–Trinajstić information content (AvgIpc) is 2.88. The Morgan fingerprint density at radius 2 is 2.39 bits per heavy atom. The topological polar surface area (TPSA) is 114 Å². The molecule has 0 aromatic carbocycles. The lowest BCUT2D eigenvalue weighted by Crippen LogP contribution is -2.46. The summed E-state index contributed by atoms with van der Waals surface area (Å²) in [4.78, 5) is 22.6. The summed E-state index contributed by atoms with van der Waals surface area (Å²) in [6, 6.07) is 0.417. The van der Waals surface area contributed by atoms with Gasteiger partial charge in [0.05, 0.1) is 24.0 Å². The summed E-state index contributed by atoms with van der Waals surface area (Å²) in [5, 5.41) is 12.1. The Morgan fingerprint density at radius 3 is 3.13 bits per heavy atom. The SMILES string of the molecule is Cc1nc(N)ncc1C(=O)N[C@H]1C[C@H]2CO[C@@H](CCO)CN2C1. The summed E-state index contributed by atoms with van der Waals surface area (Å²) in [5.41, 5.74) is 6.55. The van der Waals surface area contributed by atoms with Gasteiger partial charge in [-0.15, -0.1) is 0 Å². The van der Waals surface area contributed by atoms with E-state index in [0.29, 0.717) is 30.3 Å². The van der Waals surface area contributed by atoms with Crippen LogP contribution in [-0.2, 0) is 4.74 Å². The van der Waals surface area contributed by atoms with Crippen molar-refractivity contribution in [1.82, 2.24) is 20.2 Å². The van der Waals surface area contributed by atoms with Gasteiger partial charge in [0.15, 0.2) is 0 Å². The third-order valence-electron chi connectivity index (χ3n) is 4.52. The van der Waals surface area contributed by atoms with Crippen LogP contribution in [0.4, 0.5) is 5.95 Å². The van der Waals surface area contributed by atoms with Gasteiger partial charge < -0.3 is 20.9 Å². The minimum absolute atomic E-state index is 0.0819. The molecule has 2 aliphatic rings. The van der Waals surface area contributed by atoms with E-state index in [4.69, 9.17) is 15.6 Å². The summed E-state index contributed by atoms with van der Waals surface area (Å²) in [7, 11) is 0. The lowest BCUT2D eigenvalue weighted by atomic mass is 10.1. The minimum atomic E-state index is -0.167. The van der Waals surface area contributed by atoms with E-state index in [1.54, 1.807) is 6.92 Å². The van der Waals surface area contributed by atoms with Crippen LogP contribution in [0.1, 0.15) is 28.9 Å². The summed E-state index contributed by atoms with van der Waals surface area (Å²) in [6.45, 7) is 4.15. The zero-order chi connectivity index (χ0) is 16.4. The highest BCUT2D eigenvalue weighted by atomic mass is 16.5. The number of carbonyl (C=O) groups excluding carboxylic acids is 1. The molecule has 1 amide bonds. The fraction of sp³-hybridized carbons (Fsp3) is 0.667. The molecule has 3 heterocycles. The van der Waals surface area contributed by atoms with Gasteiger partial charge in [0, 0.05) is 38.0 Å². The number of nitrogens with one attached hydrogen (secondary N) is 1. The largest absolute Gasteiger partial charge is 0.396 e. The number of aryl methyl sites for hydroxylation is 1. The number of hydrogen-bond donors (Lipinski definition) is 3. The number of ether oxygens (including phenoxy) is 1. The van der Waals surface area contributed by atoms with E-state index in [9.17, 15) is 4.79 Å². The van der Waals surface area contributed by atoms with Crippen molar-refractivity contribution in [2.45, 2.75) is 38.0 Å². The van der Waals surface area contributed by atoms with E-state index in [1.165, 1.54) is 6.20 Å². The Balaban J connectivity index is 1.58. The van der Waals surface area contributed by atoms with Crippen LogP contribution < -0.4 is 11.1 Å². The van der Waals surface area contributed by atoms with Crippen molar-refractivity contribution in [2.24, 2.45) is 0 Å². The summed E-state index contributed by atoms with van der Waals surface area (Å²) >= 11 is 0. The molecule has 2 saturated heterocycles. The number of hydrogen-bond acceptors (Lipinski definition) is 7. The van der Waals surface area contributed by atoms with E-state index >= 15 is 0 Å². The van der Waals surface area contributed by atoms with E-state index in [2.05, 4.69) is 20.2 Å². The number of amides is 1. The minimum Gasteiger partial charge on any atom is -0.396 e. The highest BCUT2D eigenvalue weighted by molar-refractivity contribution is 5.95. The number of rotatable bonds is 4. The van der Waals surface area contributed by atoms with Crippen molar-refractivity contribution in [3.05, 3.63) is 17.5 Å². The van der Waals surface area contributed by atoms with Crippen molar-refractivity contribution >= 4 is 11.9 Å². The molecule has 8 heteroatoms. The Hall–Kier alpha value is -1.77. The molecular weight excluding hydrogens is 298 g/mol. The average molecular weight is 321 g/mol. The molecule has 0 saturated carbocycles. The van der Waals surface area contributed by atoms with Crippen molar-refractivity contribution in [1.29, 1.82) is 0 Å². The molecule has 0 unspecified atom stereocenters. The Labute approximate surface area is 135 Å². The maximum absolute atomic E-state index is 12.4. The van der Waals surface area contributed by atoms with Gasteiger partial charge in [0.25, 0.3) is 5.91 Å². The van der Waals surface area contributed by atoms with Crippen LogP contribution in [0.15, 0.2) is 6.20 Å². The quantitative estimate of drug-likeness (QED) is 0.673. The first kappa shape index (κ1) is 16.1. The molecule has 23 heavy (non-hydrogen) atoms. The highest BCUT2D eigenvalue weighted by Gasteiger charge is 2.37. The number of carbonyl (C=O) groups is 1. The Morgan fingerprint density at radius 1 is 1.57 bits per heavy atom. The van der Waals surface area contributed by atoms with E-state index in [1.807, 2.05) is 0 Å². The van der Waals surface area contributed by atoms with Crippen molar-refractivity contribution < 1.29 is 14.6 Å². The van der Waals surface area contributed by atoms with Crippen LogP contribution in [0, 0.1) is 6.92 Å². The lowest BCUT2D eigenvalue weighted by Gasteiger charge is -2.34. The summed E-state index contributed by atoms with van der Waals surface area (Å²) < 4.78 is 5.75. The molecule has 8 nitrogen and oxygen atoms in total.